The predicted octanol–water partition coefficient (Wildman–Crippen LogP) is 3.19. The molecule has 6 N–H and O–H groups in total. The van der Waals surface area contributed by atoms with Crippen molar-refractivity contribution >= 4 is 58.9 Å². The van der Waals surface area contributed by atoms with Crippen molar-refractivity contribution in [2.24, 2.45) is 11.7 Å². The van der Waals surface area contributed by atoms with Crippen LogP contribution in [0.2, 0.25) is 0 Å². The second-order valence-electron chi connectivity index (χ2n) is 17.9. The molecule has 0 aromatic heterocycles. The average molecular weight is 964 g/mol. The van der Waals surface area contributed by atoms with Gasteiger partial charge in [0, 0.05) is 52.1 Å². The van der Waals surface area contributed by atoms with Crippen LogP contribution in [0.4, 0.5) is 0 Å². The number of fused-ring (bicyclic) bond motifs is 1. The second-order valence-corrected chi connectivity index (χ2v) is 17.9. The number of rotatable bonds is 23. The van der Waals surface area contributed by atoms with Crippen LogP contribution in [0.3, 0.4) is 0 Å². The Morgan fingerprint density at radius 3 is 2.01 bits per heavy atom. The number of nitrogens with one attached hydrogen (secondary N) is 3. The quantitative estimate of drug-likeness (QED) is 0.0609. The van der Waals surface area contributed by atoms with Crippen LogP contribution in [-0.2, 0) is 72.2 Å². The van der Waals surface area contributed by atoms with E-state index < -0.39 is 53.8 Å². The molecule has 2 heterocycles. The van der Waals surface area contributed by atoms with Gasteiger partial charge in [0.05, 0.1) is 12.5 Å². The number of imide groups is 1. The van der Waals surface area contributed by atoms with Crippen LogP contribution < -0.4 is 21.7 Å². The van der Waals surface area contributed by atoms with Crippen LogP contribution in [0.1, 0.15) is 127 Å². The van der Waals surface area contributed by atoms with E-state index in [9.17, 15) is 53.1 Å². The van der Waals surface area contributed by atoms with Gasteiger partial charge in [-0.3, -0.25) is 48.1 Å². The van der Waals surface area contributed by atoms with Gasteiger partial charge in [-0.25, -0.2) is 4.79 Å². The van der Waals surface area contributed by atoms with Crippen molar-refractivity contribution in [3.63, 3.8) is 0 Å². The number of phenols is 1. The number of hydroxylamine groups is 2. The fourth-order valence-corrected chi connectivity index (χ4v) is 8.23. The van der Waals surface area contributed by atoms with E-state index in [1.165, 1.54) is 13.8 Å². The first kappa shape index (κ1) is 58.6. The zero-order valence-electron chi connectivity index (χ0n) is 40.6. The summed E-state index contributed by atoms with van der Waals surface area (Å²) in [5, 5.41) is 18.9. The molecular formula is C50H73N7O12. The Hall–Kier alpha value is -6.50. The van der Waals surface area contributed by atoms with Gasteiger partial charge in [0.15, 0.2) is 0 Å². The minimum absolute atomic E-state index is 0. The van der Waals surface area contributed by atoms with E-state index in [4.69, 9.17) is 5.73 Å². The van der Waals surface area contributed by atoms with Gasteiger partial charge in [-0.05, 0) is 113 Å². The van der Waals surface area contributed by atoms with Gasteiger partial charge in [0.2, 0.25) is 29.5 Å². The molecule has 2 aromatic rings. The molecule has 0 radical (unpaired) electrons. The van der Waals surface area contributed by atoms with E-state index >= 15 is 0 Å². The number of nitrogens with two attached hydrogens (primary N) is 1. The van der Waals surface area contributed by atoms with Crippen LogP contribution in [0.5, 0.6) is 5.75 Å². The minimum Gasteiger partial charge on any atom is -0.508 e. The molecule has 4 rings (SSSR count). The first-order valence-corrected chi connectivity index (χ1v) is 23.0. The second kappa shape index (κ2) is 28.1. The number of ketones is 2. The van der Waals surface area contributed by atoms with E-state index in [0.29, 0.717) is 56.4 Å². The topological polar surface area (TPSA) is 272 Å². The monoisotopic (exact) mass is 964 g/mol. The maximum absolute atomic E-state index is 14.4. The summed E-state index contributed by atoms with van der Waals surface area (Å²) in [6.07, 6.45) is 4.36. The summed E-state index contributed by atoms with van der Waals surface area (Å²) in [7, 11) is 3.64. The van der Waals surface area contributed by atoms with Crippen LogP contribution >= 0.6 is 0 Å². The smallest absolute Gasteiger partial charge is 0.330 e. The number of Topliss-reactive ketones (excluding diaryl/α,β-unsaturated/α-hetero) is 2. The Kier molecular flexibility index (Phi) is 23.9. The predicted molar refractivity (Wildman–Crippen MR) is 256 cm³/mol. The number of unbranched alkanes of at least 4 members (excludes halogenated alkanes) is 3. The number of likely N-dealkylation sites (N-methyl/N-ethyl adjacent to an activating group) is 1. The summed E-state index contributed by atoms with van der Waals surface area (Å²) >= 11 is 0. The third kappa shape index (κ3) is 18.5. The zero-order valence-corrected chi connectivity index (χ0v) is 40.6. The van der Waals surface area contributed by atoms with Crippen molar-refractivity contribution in [1.82, 2.24) is 30.8 Å². The molecule has 2 aliphatic heterocycles. The van der Waals surface area contributed by atoms with Crippen molar-refractivity contribution in [3.05, 3.63) is 64.2 Å². The highest BCUT2D eigenvalue weighted by atomic mass is 16.7. The molecule has 0 spiro atoms. The minimum atomic E-state index is -1.01. The van der Waals surface area contributed by atoms with Crippen LogP contribution in [0, 0.1) is 19.8 Å². The lowest BCUT2D eigenvalue weighted by atomic mass is 9.90. The largest absolute Gasteiger partial charge is 0.508 e. The summed E-state index contributed by atoms with van der Waals surface area (Å²) in [5.41, 5.74) is 10.3. The molecule has 0 bridgehead atoms. The molecule has 1 saturated heterocycles. The third-order valence-corrected chi connectivity index (χ3v) is 11.8. The number of aromatic hydroxyl groups is 1. The number of hydrogen-bond acceptors (Lipinski definition) is 13. The van der Waals surface area contributed by atoms with Crippen LogP contribution in [0.25, 0.3) is 0 Å². The molecular weight excluding hydrogens is 891 g/mol. The van der Waals surface area contributed by atoms with Gasteiger partial charge in [-0.2, -0.15) is 0 Å². The zero-order chi connectivity index (χ0) is 50.8. The number of phenolic OH excluding ortho intramolecular Hbond substituents is 1. The molecule has 0 saturated carbocycles. The number of primary amides is 1. The molecule has 19 nitrogen and oxygen atoms in total. The molecule has 19 heteroatoms. The molecule has 5 atom stereocenters. The number of benzene rings is 2. The summed E-state index contributed by atoms with van der Waals surface area (Å²) < 4.78 is 0. The summed E-state index contributed by atoms with van der Waals surface area (Å²) in [5.74, 6) is -4.18. The van der Waals surface area contributed by atoms with Crippen LogP contribution in [0.15, 0.2) is 36.4 Å². The first-order chi connectivity index (χ1) is 32.0. The maximum atomic E-state index is 14.4. The standard InChI is InChI=1S/C42H60N6O8.C7H9NO4.CH4/c1-26-20-33(52)21-27(2)34(26)24-38(47(5)6)42(56)48-25-31-15-11-10-14-30(31)23-37(48)41(55)46-35(39(43)53)17-12-13-19-44-40(54)36(45-29(4)50)18-9-7-8-16-32(51)22-28(3)49;1-4-3-6(10)8(7(4)11)12-5(2)9;/h10-11,14-15,20-21,35-38,52H,7-9,12-13,16-19,22-25H2,1-6H3,(H2,43,53)(H,44,54)(H,45,50)(H,46,55);4H,3H2,1-2H3;1H4/t35-,36-,37-,38-;;/m0../s1. The fraction of sp³-hybridized carbons (Fsp3) is 0.560. The Labute approximate surface area is 405 Å². The van der Waals surface area contributed by atoms with E-state index in [0.717, 1.165) is 34.7 Å². The summed E-state index contributed by atoms with van der Waals surface area (Å²) in [6.45, 7) is 9.73. The average Bonchev–Trinajstić information content (AvgIpc) is 3.48. The SMILES string of the molecule is C.CC(=O)CC(=O)CCCCC[C@H](NC(C)=O)C(=O)NCCCC[C@H](NC(=O)[C@@H]1Cc2ccccc2CN1C(=O)[C@H](Cc1c(C)cc(O)cc1C)N(C)C)C(N)=O.CC(=O)ON1C(=O)CC(C)C1=O. The normalized spacial score (nSPS) is 16.4. The van der Waals surface area contributed by atoms with Gasteiger partial charge in [-0.15, -0.1) is 5.06 Å². The Morgan fingerprint density at radius 2 is 1.46 bits per heavy atom. The van der Waals surface area contributed by atoms with E-state index in [1.54, 1.807) is 24.0 Å². The van der Waals surface area contributed by atoms with Gasteiger partial charge in [0.1, 0.15) is 35.4 Å². The lowest BCUT2D eigenvalue weighted by Gasteiger charge is -2.39. The van der Waals surface area contributed by atoms with E-state index in [-0.39, 0.29) is 87.2 Å². The number of aryl methyl sites for hydroxylation is 2. The first-order valence-electron chi connectivity index (χ1n) is 23.0. The Balaban J connectivity index is 0.00000109. The lowest BCUT2D eigenvalue weighted by Crippen LogP contribution is -2.59. The maximum Gasteiger partial charge on any atom is 0.330 e. The molecule has 7 amide bonds. The van der Waals surface area contributed by atoms with E-state index in [1.807, 2.05) is 57.1 Å². The summed E-state index contributed by atoms with van der Waals surface area (Å²) in [6, 6.07) is 7.74. The highest BCUT2D eigenvalue weighted by molar-refractivity contribution is 6.03. The molecule has 1 fully saturated rings. The van der Waals surface area contributed by atoms with Crippen molar-refractivity contribution in [3.8, 4) is 5.75 Å². The van der Waals surface area contributed by atoms with Gasteiger partial charge < -0.3 is 36.5 Å². The number of carbonyl (C=O) groups excluding carboxylic acids is 10. The number of carbonyl (C=O) groups is 10. The highest BCUT2D eigenvalue weighted by Gasteiger charge is 2.40. The molecule has 0 aliphatic carbocycles. The molecule has 69 heavy (non-hydrogen) atoms. The fourth-order valence-electron chi connectivity index (χ4n) is 8.23. The van der Waals surface area contributed by atoms with Gasteiger partial charge >= 0.3 is 5.97 Å². The van der Waals surface area contributed by atoms with Crippen molar-refractivity contribution in [2.45, 2.75) is 157 Å². The van der Waals surface area contributed by atoms with Gasteiger partial charge in [0.25, 0.3) is 11.8 Å². The third-order valence-electron chi connectivity index (χ3n) is 11.8. The molecule has 380 valence electrons. The summed E-state index contributed by atoms with van der Waals surface area (Å²) in [4.78, 5) is 129. The van der Waals surface area contributed by atoms with Crippen molar-refractivity contribution < 1.29 is 57.9 Å². The highest BCUT2D eigenvalue weighted by Crippen LogP contribution is 2.28. The molecule has 2 aliphatic rings. The number of amides is 7. The van der Waals surface area contributed by atoms with Crippen molar-refractivity contribution in [1.29, 1.82) is 0 Å². The van der Waals surface area contributed by atoms with E-state index in [2.05, 4.69) is 20.8 Å². The van der Waals surface area contributed by atoms with Crippen molar-refractivity contribution in [2.75, 3.05) is 20.6 Å². The Bertz CT molecular complexity index is 2170. The Morgan fingerprint density at radius 1 is 0.855 bits per heavy atom. The van der Waals surface area contributed by atoms with Gasteiger partial charge in [-0.1, -0.05) is 51.5 Å². The lowest BCUT2D eigenvalue weighted by molar-refractivity contribution is -0.196. The number of hydrogen-bond donors (Lipinski definition) is 5. The molecule has 2 aromatic carbocycles. The molecule has 1 unspecified atom stereocenters. The number of nitrogens with zero attached hydrogens (tertiary/aromatic N) is 3. The van der Waals surface area contributed by atoms with Crippen LogP contribution in [-0.4, -0.2) is 124 Å².